The Morgan fingerprint density at radius 2 is 1.79 bits per heavy atom. The largest absolute Gasteiger partial charge is 0.493 e. The summed E-state index contributed by atoms with van der Waals surface area (Å²) in [6.07, 6.45) is 1.68. The standard InChI is InChI=1S/C13H16BrN3O2/c1-6-9(8-5-16-17-13(8)15)12(19-4)11(18-3)7(2)10(6)14/h5H,1-4H3,(H3,15,16,17). The molecule has 1 aromatic heterocycles. The van der Waals surface area contributed by atoms with Crippen molar-refractivity contribution >= 4 is 21.7 Å². The number of H-pyrrole nitrogens is 1. The van der Waals surface area contributed by atoms with E-state index in [4.69, 9.17) is 15.2 Å². The van der Waals surface area contributed by atoms with Gasteiger partial charge in [0.05, 0.1) is 20.4 Å². The van der Waals surface area contributed by atoms with Crippen molar-refractivity contribution in [1.82, 2.24) is 10.2 Å². The van der Waals surface area contributed by atoms with Crippen LogP contribution in [0.15, 0.2) is 10.7 Å². The van der Waals surface area contributed by atoms with Gasteiger partial charge in [0.2, 0.25) is 0 Å². The number of rotatable bonds is 3. The van der Waals surface area contributed by atoms with Crippen molar-refractivity contribution < 1.29 is 9.47 Å². The second-order valence-electron chi connectivity index (χ2n) is 4.20. The van der Waals surface area contributed by atoms with E-state index in [1.165, 1.54) is 0 Å². The Labute approximate surface area is 120 Å². The van der Waals surface area contributed by atoms with Crippen molar-refractivity contribution in [2.24, 2.45) is 0 Å². The molecule has 0 atom stereocenters. The van der Waals surface area contributed by atoms with E-state index < -0.39 is 0 Å². The van der Waals surface area contributed by atoms with E-state index >= 15 is 0 Å². The van der Waals surface area contributed by atoms with Crippen molar-refractivity contribution in [3.63, 3.8) is 0 Å². The molecule has 0 saturated heterocycles. The molecule has 2 aromatic rings. The quantitative estimate of drug-likeness (QED) is 0.909. The molecule has 0 saturated carbocycles. The molecular formula is C13H16BrN3O2. The molecule has 3 N–H and O–H groups in total. The molecule has 1 aromatic carbocycles. The first kappa shape index (κ1) is 13.7. The maximum absolute atomic E-state index is 5.91. The Hall–Kier alpha value is -1.69. The van der Waals surface area contributed by atoms with Gasteiger partial charge in [-0.1, -0.05) is 15.9 Å². The molecule has 0 radical (unpaired) electrons. The van der Waals surface area contributed by atoms with E-state index in [-0.39, 0.29) is 0 Å². The van der Waals surface area contributed by atoms with Crippen LogP contribution in [0.5, 0.6) is 11.5 Å². The van der Waals surface area contributed by atoms with Gasteiger partial charge in [0.25, 0.3) is 0 Å². The zero-order valence-corrected chi connectivity index (χ0v) is 12.9. The highest BCUT2D eigenvalue weighted by Crippen LogP contribution is 2.47. The molecule has 0 aliphatic rings. The van der Waals surface area contributed by atoms with Gasteiger partial charge in [0, 0.05) is 21.2 Å². The average molecular weight is 326 g/mol. The summed E-state index contributed by atoms with van der Waals surface area (Å²) in [5, 5.41) is 6.69. The summed E-state index contributed by atoms with van der Waals surface area (Å²) in [5.74, 6) is 1.85. The van der Waals surface area contributed by atoms with Gasteiger partial charge in [-0.15, -0.1) is 0 Å². The van der Waals surface area contributed by atoms with Crippen molar-refractivity contribution in [2.75, 3.05) is 20.0 Å². The molecule has 0 aliphatic heterocycles. The number of halogens is 1. The van der Waals surface area contributed by atoms with Crippen molar-refractivity contribution in [3.05, 3.63) is 21.8 Å². The number of nitrogen functional groups attached to an aromatic ring is 1. The topological polar surface area (TPSA) is 73.2 Å². The first-order valence-corrected chi connectivity index (χ1v) is 6.52. The Bertz CT molecular complexity index is 623. The number of anilines is 1. The van der Waals surface area contributed by atoms with Gasteiger partial charge in [-0.2, -0.15) is 5.10 Å². The fraction of sp³-hybridized carbons (Fsp3) is 0.308. The van der Waals surface area contributed by atoms with E-state index in [1.807, 2.05) is 13.8 Å². The lowest BCUT2D eigenvalue weighted by Crippen LogP contribution is -2.00. The summed E-state index contributed by atoms with van der Waals surface area (Å²) >= 11 is 3.59. The van der Waals surface area contributed by atoms with Crippen LogP contribution in [0.3, 0.4) is 0 Å². The lowest BCUT2D eigenvalue weighted by molar-refractivity contribution is 0.353. The van der Waals surface area contributed by atoms with E-state index in [1.54, 1.807) is 20.4 Å². The molecule has 19 heavy (non-hydrogen) atoms. The monoisotopic (exact) mass is 325 g/mol. The second-order valence-corrected chi connectivity index (χ2v) is 5.00. The third-order valence-electron chi connectivity index (χ3n) is 3.15. The third kappa shape index (κ3) is 2.06. The first-order valence-electron chi connectivity index (χ1n) is 5.72. The van der Waals surface area contributed by atoms with Crippen LogP contribution in [0.4, 0.5) is 5.82 Å². The SMILES string of the molecule is COc1c(C)c(Br)c(C)c(-c2cn[nH]c2N)c1OC. The highest BCUT2D eigenvalue weighted by molar-refractivity contribution is 9.10. The first-order chi connectivity index (χ1) is 9.02. The summed E-state index contributed by atoms with van der Waals surface area (Å²) in [7, 11) is 3.24. The normalized spacial score (nSPS) is 10.6. The van der Waals surface area contributed by atoms with Crippen LogP contribution in [0.2, 0.25) is 0 Å². The van der Waals surface area contributed by atoms with Gasteiger partial charge in [0.1, 0.15) is 5.82 Å². The van der Waals surface area contributed by atoms with Gasteiger partial charge < -0.3 is 15.2 Å². The summed E-state index contributed by atoms with van der Waals surface area (Å²) in [4.78, 5) is 0. The van der Waals surface area contributed by atoms with Gasteiger partial charge in [0.15, 0.2) is 11.5 Å². The lowest BCUT2D eigenvalue weighted by atomic mass is 9.98. The lowest BCUT2D eigenvalue weighted by Gasteiger charge is -2.19. The number of hydrogen-bond acceptors (Lipinski definition) is 4. The minimum absolute atomic E-state index is 0.499. The zero-order valence-electron chi connectivity index (χ0n) is 11.3. The molecule has 2 rings (SSSR count). The van der Waals surface area contributed by atoms with Gasteiger partial charge in [-0.05, 0) is 19.4 Å². The number of nitrogens with one attached hydrogen (secondary N) is 1. The molecule has 0 amide bonds. The highest BCUT2D eigenvalue weighted by Gasteiger charge is 2.23. The van der Waals surface area contributed by atoms with Crippen LogP contribution in [-0.2, 0) is 0 Å². The Balaban J connectivity index is 2.87. The van der Waals surface area contributed by atoms with E-state index in [2.05, 4.69) is 26.1 Å². The van der Waals surface area contributed by atoms with Crippen molar-refractivity contribution in [2.45, 2.75) is 13.8 Å². The molecule has 102 valence electrons. The van der Waals surface area contributed by atoms with Gasteiger partial charge >= 0.3 is 0 Å². The van der Waals surface area contributed by atoms with Crippen LogP contribution in [-0.4, -0.2) is 24.4 Å². The fourth-order valence-electron chi connectivity index (χ4n) is 2.21. The number of ether oxygens (including phenoxy) is 2. The smallest absolute Gasteiger partial charge is 0.169 e. The van der Waals surface area contributed by atoms with Crippen LogP contribution in [0.1, 0.15) is 11.1 Å². The fourth-order valence-corrected chi connectivity index (χ4v) is 2.58. The predicted molar refractivity (Wildman–Crippen MR) is 78.7 cm³/mol. The molecule has 6 heteroatoms. The molecular weight excluding hydrogens is 310 g/mol. The minimum atomic E-state index is 0.499. The number of methoxy groups -OCH3 is 2. The number of benzene rings is 1. The summed E-state index contributed by atoms with van der Waals surface area (Å²) in [5.41, 5.74) is 9.61. The van der Waals surface area contributed by atoms with Gasteiger partial charge in [-0.3, -0.25) is 5.10 Å². The van der Waals surface area contributed by atoms with E-state index in [0.29, 0.717) is 17.3 Å². The van der Waals surface area contributed by atoms with E-state index in [0.717, 1.165) is 26.7 Å². The van der Waals surface area contributed by atoms with Crippen LogP contribution >= 0.6 is 15.9 Å². The second kappa shape index (κ2) is 5.13. The summed E-state index contributed by atoms with van der Waals surface area (Å²) in [6.45, 7) is 3.97. The summed E-state index contributed by atoms with van der Waals surface area (Å²) < 4.78 is 11.9. The predicted octanol–water partition coefficient (Wildman–Crippen LogP) is 3.06. The molecule has 0 spiro atoms. The molecule has 1 heterocycles. The van der Waals surface area contributed by atoms with Crippen molar-refractivity contribution in [1.29, 1.82) is 0 Å². The van der Waals surface area contributed by atoms with Crippen LogP contribution < -0.4 is 15.2 Å². The number of aromatic amines is 1. The van der Waals surface area contributed by atoms with E-state index in [9.17, 15) is 0 Å². The maximum Gasteiger partial charge on any atom is 0.169 e. The number of nitrogens with two attached hydrogens (primary N) is 1. The zero-order chi connectivity index (χ0) is 14.2. The number of aromatic nitrogens is 2. The Kier molecular flexibility index (Phi) is 3.71. The Morgan fingerprint density at radius 3 is 2.26 bits per heavy atom. The molecule has 5 nitrogen and oxygen atoms in total. The molecule has 0 aliphatic carbocycles. The molecule has 0 fully saturated rings. The van der Waals surface area contributed by atoms with Crippen LogP contribution in [0, 0.1) is 13.8 Å². The number of hydrogen-bond donors (Lipinski definition) is 2. The highest BCUT2D eigenvalue weighted by atomic mass is 79.9. The third-order valence-corrected chi connectivity index (χ3v) is 4.34. The number of nitrogens with zero attached hydrogens (tertiary/aromatic N) is 1. The molecule has 0 bridgehead atoms. The molecule has 0 unspecified atom stereocenters. The van der Waals surface area contributed by atoms with Crippen LogP contribution in [0.25, 0.3) is 11.1 Å². The average Bonchev–Trinajstić information content (AvgIpc) is 2.81. The maximum atomic E-state index is 5.91. The summed E-state index contributed by atoms with van der Waals surface area (Å²) in [6, 6.07) is 0. The minimum Gasteiger partial charge on any atom is -0.493 e. The van der Waals surface area contributed by atoms with Crippen molar-refractivity contribution in [3.8, 4) is 22.6 Å². The Morgan fingerprint density at radius 1 is 1.16 bits per heavy atom. The van der Waals surface area contributed by atoms with Gasteiger partial charge in [-0.25, -0.2) is 0 Å².